The lowest BCUT2D eigenvalue weighted by molar-refractivity contribution is -0.0499. The summed E-state index contributed by atoms with van der Waals surface area (Å²) >= 11 is 3.13. The molecule has 0 atom stereocenters. The number of nitrogens with zero attached hydrogens (tertiary/aromatic N) is 1. The van der Waals surface area contributed by atoms with E-state index < -0.39 is 21.4 Å². The molecule has 19 heavy (non-hydrogen) atoms. The van der Waals surface area contributed by atoms with Crippen molar-refractivity contribution in [3.05, 3.63) is 34.9 Å². The molecule has 0 aliphatic carbocycles. The highest BCUT2D eigenvalue weighted by Crippen LogP contribution is 2.32. The maximum absolute atomic E-state index is 12.3. The van der Waals surface area contributed by atoms with Crippen LogP contribution in [0.4, 0.5) is 13.2 Å². The van der Waals surface area contributed by atoms with Crippen LogP contribution in [-0.4, -0.2) is 18.9 Å². The Balaban J connectivity index is 2.56. The number of hydrogen-bond acceptors (Lipinski definition) is 4. The Bertz CT molecular complexity index is 730. The smallest absolute Gasteiger partial charge is 0.375 e. The van der Waals surface area contributed by atoms with E-state index >= 15 is 0 Å². The second-order valence-electron chi connectivity index (χ2n) is 3.45. The first-order valence-electron chi connectivity index (χ1n) is 4.76. The summed E-state index contributed by atoms with van der Waals surface area (Å²) in [5, 5.41) is 0.157. The van der Waals surface area contributed by atoms with E-state index in [4.69, 9.17) is 0 Å². The third-order valence-corrected chi connectivity index (χ3v) is 3.61. The van der Waals surface area contributed by atoms with Crippen LogP contribution in [0, 0.1) is 0 Å². The van der Waals surface area contributed by atoms with Gasteiger partial charge in [0.15, 0.2) is 5.75 Å². The minimum atomic E-state index is -5.70. The molecular formula is C10H5BrF3NO3S. The van der Waals surface area contributed by atoms with Crippen molar-refractivity contribution in [2.24, 2.45) is 0 Å². The maximum Gasteiger partial charge on any atom is 0.534 e. The summed E-state index contributed by atoms with van der Waals surface area (Å²) in [5.74, 6) is -0.427. The Morgan fingerprint density at radius 1 is 1.21 bits per heavy atom. The zero-order valence-electron chi connectivity index (χ0n) is 8.98. The molecule has 0 amide bonds. The van der Waals surface area contributed by atoms with Crippen LogP contribution in [0.5, 0.6) is 5.75 Å². The molecule has 2 rings (SSSR count). The van der Waals surface area contributed by atoms with Crippen LogP contribution in [0.1, 0.15) is 0 Å². The van der Waals surface area contributed by atoms with Crippen molar-refractivity contribution in [3.63, 3.8) is 0 Å². The number of halogens is 4. The predicted molar refractivity (Wildman–Crippen MR) is 65.0 cm³/mol. The first-order valence-corrected chi connectivity index (χ1v) is 6.96. The maximum atomic E-state index is 12.3. The van der Waals surface area contributed by atoms with Gasteiger partial charge in [0.1, 0.15) is 0 Å². The molecule has 0 radical (unpaired) electrons. The van der Waals surface area contributed by atoms with Crippen molar-refractivity contribution in [1.82, 2.24) is 4.98 Å². The van der Waals surface area contributed by atoms with Gasteiger partial charge in [-0.05, 0) is 18.2 Å². The second-order valence-corrected chi connectivity index (χ2v) is 5.91. The molecular weight excluding hydrogens is 351 g/mol. The summed E-state index contributed by atoms with van der Waals surface area (Å²) in [6, 6.07) is 5.62. The molecule has 0 unspecified atom stereocenters. The van der Waals surface area contributed by atoms with Crippen molar-refractivity contribution in [2.45, 2.75) is 5.51 Å². The van der Waals surface area contributed by atoms with E-state index in [-0.39, 0.29) is 5.39 Å². The molecule has 0 bridgehead atoms. The Labute approximate surface area is 114 Å². The zero-order chi connectivity index (χ0) is 14.3. The van der Waals surface area contributed by atoms with Crippen LogP contribution in [0.25, 0.3) is 10.9 Å². The molecule has 1 aromatic carbocycles. The average molecular weight is 356 g/mol. The van der Waals surface area contributed by atoms with Crippen molar-refractivity contribution >= 4 is 37.0 Å². The Kier molecular flexibility index (Phi) is 3.43. The number of pyridine rings is 1. The third kappa shape index (κ3) is 2.81. The number of fused-ring (bicyclic) bond motifs is 1. The average Bonchev–Trinajstić information content (AvgIpc) is 2.28. The highest BCUT2D eigenvalue weighted by atomic mass is 79.9. The quantitative estimate of drug-likeness (QED) is 0.613. The summed E-state index contributed by atoms with van der Waals surface area (Å²) in [6.45, 7) is 0. The van der Waals surface area contributed by atoms with Gasteiger partial charge in [0, 0.05) is 22.1 Å². The third-order valence-electron chi connectivity index (χ3n) is 2.15. The van der Waals surface area contributed by atoms with E-state index in [0.717, 1.165) is 12.3 Å². The van der Waals surface area contributed by atoms with E-state index in [1.165, 1.54) is 12.1 Å². The fourth-order valence-corrected chi connectivity index (χ4v) is 2.17. The molecule has 0 fully saturated rings. The molecule has 0 aliphatic heterocycles. The fourth-order valence-electron chi connectivity index (χ4n) is 1.33. The Morgan fingerprint density at radius 2 is 1.89 bits per heavy atom. The minimum Gasteiger partial charge on any atom is -0.375 e. The predicted octanol–water partition coefficient (Wildman–Crippen LogP) is 3.23. The van der Waals surface area contributed by atoms with E-state index in [0.29, 0.717) is 9.99 Å². The first kappa shape index (κ1) is 14.1. The Hall–Kier alpha value is -1.35. The van der Waals surface area contributed by atoms with Gasteiger partial charge in [-0.25, -0.2) is 0 Å². The van der Waals surface area contributed by atoms with Crippen LogP contribution in [0.3, 0.4) is 0 Å². The highest BCUT2D eigenvalue weighted by molar-refractivity contribution is 9.10. The number of alkyl halides is 3. The summed E-state index contributed by atoms with van der Waals surface area (Å²) in [6.07, 6.45) is 1.16. The lowest BCUT2D eigenvalue weighted by Gasteiger charge is -2.11. The fraction of sp³-hybridized carbons (Fsp3) is 0.100. The highest BCUT2D eigenvalue weighted by Gasteiger charge is 2.48. The van der Waals surface area contributed by atoms with Gasteiger partial charge < -0.3 is 4.18 Å². The Morgan fingerprint density at radius 3 is 2.53 bits per heavy atom. The summed E-state index contributed by atoms with van der Waals surface area (Å²) < 4.78 is 63.4. The molecule has 0 spiro atoms. The van der Waals surface area contributed by atoms with Crippen LogP contribution in [0.15, 0.2) is 34.9 Å². The van der Waals surface area contributed by atoms with E-state index in [9.17, 15) is 21.6 Å². The standard InChI is InChI=1S/C10H5BrF3NO3S/c11-6-1-2-8-7(5-6)9(3-4-15-8)18-19(16,17)10(12,13)14/h1-5H. The lowest BCUT2D eigenvalue weighted by Crippen LogP contribution is -2.28. The monoisotopic (exact) mass is 355 g/mol. The van der Waals surface area contributed by atoms with Gasteiger partial charge in [-0.3, -0.25) is 4.98 Å². The van der Waals surface area contributed by atoms with Crippen LogP contribution < -0.4 is 4.18 Å². The van der Waals surface area contributed by atoms with E-state index in [1.54, 1.807) is 6.07 Å². The van der Waals surface area contributed by atoms with Crippen LogP contribution in [0.2, 0.25) is 0 Å². The van der Waals surface area contributed by atoms with Gasteiger partial charge in [0.25, 0.3) is 0 Å². The minimum absolute atomic E-state index is 0.157. The summed E-state index contributed by atoms with van der Waals surface area (Å²) in [7, 11) is -5.70. The van der Waals surface area contributed by atoms with E-state index in [2.05, 4.69) is 25.1 Å². The van der Waals surface area contributed by atoms with Gasteiger partial charge in [-0.15, -0.1) is 0 Å². The van der Waals surface area contributed by atoms with Crippen LogP contribution >= 0.6 is 15.9 Å². The van der Waals surface area contributed by atoms with Crippen molar-refractivity contribution < 1.29 is 25.8 Å². The topological polar surface area (TPSA) is 56.3 Å². The normalized spacial score (nSPS) is 12.6. The molecule has 1 heterocycles. The van der Waals surface area contributed by atoms with E-state index in [1.807, 2.05) is 0 Å². The molecule has 0 saturated heterocycles. The summed E-state index contributed by atoms with van der Waals surface area (Å²) in [4.78, 5) is 3.90. The largest absolute Gasteiger partial charge is 0.534 e. The molecule has 2 aromatic rings. The number of benzene rings is 1. The molecule has 0 aliphatic rings. The summed E-state index contributed by atoms with van der Waals surface area (Å²) in [5.41, 5.74) is -5.16. The van der Waals surface area contributed by atoms with Crippen molar-refractivity contribution in [1.29, 1.82) is 0 Å². The lowest BCUT2D eigenvalue weighted by atomic mass is 10.2. The van der Waals surface area contributed by atoms with Crippen LogP contribution in [-0.2, 0) is 10.1 Å². The molecule has 1 aromatic heterocycles. The molecule has 4 nitrogen and oxygen atoms in total. The number of rotatable bonds is 2. The molecule has 102 valence electrons. The number of aromatic nitrogens is 1. The SMILES string of the molecule is O=S(=O)(Oc1ccnc2ccc(Br)cc12)C(F)(F)F. The van der Waals surface area contributed by atoms with Gasteiger partial charge in [-0.2, -0.15) is 21.6 Å². The molecule has 0 saturated carbocycles. The van der Waals surface area contributed by atoms with Gasteiger partial charge >= 0.3 is 15.6 Å². The zero-order valence-corrected chi connectivity index (χ0v) is 11.4. The molecule has 0 N–H and O–H groups in total. The first-order chi connectivity index (χ1) is 8.71. The van der Waals surface area contributed by atoms with Gasteiger partial charge in [0.2, 0.25) is 0 Å². The molecule has 9 heteroatoms. The second kappa shape index (κ2) is 4.64. The van der Waals surface area contributed by atoms with Gasteiger partial charge in [0.05, 0.1) is 5.52 Å². The number of hydrogen-bond donors (Lipinski definition) is 0. The van der Waals surface area contributed by atoms with Crippen molar-refractivity contribution in [3.8, 4) is 5.75 Å². The van der Waals surface area contributed by atoms with Crippen molar-refractivity contribution in [2.75, 3.05) is 0 Å². The van der Waals surface area contributed by atoms with Gasteiger partial charge in [-0.1, -0.05) is 15.9 Å².